The topological polar surface area (TPSA) is 66.5 Å². The number of rotatable bonds is 5. The second-order valence-electron chi connectivity index (χ2n) is 6.83. The molecule has 27 heavy (non-hydrogen) atoms. The Morgan fingerprint density at radius 3 is 2.59 bits per heavy atom. The highest BCUT2D eigenvalue weighted by molar-refractivity contribution is 8.18. The Bertz CT molecular complexity index is 757. The van der Waals surface area contributed by atoms with Gasteiger partial charge in [0, 0.05) is 24.6 Å². The van der Waals surface area contributed by atoms with Crippen LogP contribution in [0.2, 0.25) is 0 Å². The molecule has 5 nitrogen and oxygen atoms in total. The fraction of sp³-hybridized carbons (Fsp3) is 0.450. The van der Waals surface area contributed by atoms with Gasteiger partial charge in [-0.2, -0.15) is 0 Å². The van der Waals surface area contributed by atoms with Crippen LogP contribution in [0.3, 0.4) is 0 Å². The fourth-order valence-corrected chi connectivity index (χ4v) is 4.26. The van der Waals surface area contributed by atoms with Gasteiger partial charge in [-0.05, 0) is 36.7 Å². The van der Waals surface area contributed by atoms with Crippen molar-refractivity contribution in [2.45, 2.75) is 38.5 Å². The van der Waals surface area contributed by atoms with E-state index in [0.29, 0.717) is 0 Å². The Balaban J connectivity index is 1.55. The Morgan fingerprint density at radius 1 is 1.19 bits per heavy atom. The monoisotopic (exact) mass is 390 g/mol. The zero-order valence-corrected chi connectivity index (χ0v) is 15.9. The lowest BCUT2D eigenvalue weighted by Crippen LogP contribution is -2.39. The van der Waals surface area contributed by atoms with Gasteiger partial charge in [-0.15, -0.1) is 0 Å². The van der Waals surface area contributed by atoms with E-state index in [0.717, 1.165) is 42.3 Å². The summed E-state index contributed by atoms with van der Waals surface area (Å²) in [4.78, 5) is 38.1. The van der Waals surface area contributed by atoms with Gasteiger partial charge < -0.3 is 5.32 Å². The standard InChI is InChI=1S/C20H23FN2O3S/c21-16-10-6-5-9-15(16)13-17-19(25)23(20(26)27-17)12-11-22-18(24)14-7-3-1-2-4-8-14/h5-6,9-10,13-14H,1-4,7-8,11-12H2,(H,22,24). The maximum atomic E-state index is 13.8. The van der Waals surface area contributed by atoms with Crippen molar-refractivity contribution < 1.29 is 18.8 Å². The van der Waals surface area contributed by atoms with Crippen LogP contribution in [0.25, 0.3) is 6.08 Å². The Kier molecular flexibility index (Phi) is 6.66. The van der Waals surface area contributed by atoms with E-state index < -0.39 is 17.0 Å². The number of halogens is 1. The van der Waals surface area contributed by atoms with Crippen LogP contribution in [0.15, 0.2) is 29.2 Å². The van der Waals surface area contributed by atoms with Crippen LogP contribution in [0, 0.1) is 11.7 Å². The molecular formula is C20H23FN2O3S. The predicted octanol–water partition coefficient (Wildman–Crippen LogP) is 3.95. The number of nitrogens with one attached hydrogen (secondary N) is 1. The summed E-state index contributed by atoms with van der Waals surface area (Å²) >= 11 is 0.794. The van der Waals surface area contributed by atoms with Gasteiger partial charge in [-0.1, -0.05) is 43.9 Å². The number of carbonyl (C=O) groups is 3. The van der Waals surface area contributed by atoms with Gasteiger partial charge in [0.25, 0.3) is 11.1 Å². The summed E-state index contributed by atoms with van der Waals surface area (Å²) < 4.78 is 13.8. The first kappa shape index (κ1) is 19.6. The number of amides is 3. The normalized spacial score (nSPS) is 20.2. The van der Waals surface area contributed by atoms with Crippen molar-refractivity contribution in [2.75, 3.05) is 13.1 Å². The van der Waals surface area contributed by atoms with Crippen LogP contribution in [0.1, 0.15) is 44.1 Å². The molecule has 2 aliphatic rings. The van der Waals surface area contributed by atoms with Gasteiger partial charge >= 0.3 is 0 Å². The number of carbonyl (C=O) groups excluding carboxylic acids is 3. The molecule has 7 heteroatoms. The number of thioether (sulfide) groups is 1. The average Bonchev–Trinajstić information content (AvgIpc) is 2.86. The summed E-state index contributed by atoms with van der Waals surface area (Å²) in [6.45, 7) is 0.359. The maximum absolute atomic E-state index is 13.8. The highest BCUT2D eigenvalue weighted by Gasteiger charge is 2.35. The van der Waals surface area contributed by atoms with Crippen molar-refractivity contribution in [1.82, 2.24) is 10.2 Å². The van der Waals surface area contributed by atoms with Crippen molar-refractivity contribution in [3.05, 3.63) is 40.6 Å². The van der Waals surface area contributed by atoms with Crippen molar-refractivity contribution in [3.63, 3.8) is 0 Å². The molecule has 144 valence electrons. The van der Waals surface area contributed by atoms with E-state index in [2.05, 4.69) is 5.32 Å². The van der Waals surface area contributed by atoms with Crippen LogP contribution in [-0.4, -0.2) is 35.0 Å². The van der Waals surface area contributed by atoms with Crippen LogP contribution in [0.4, 0.5) is 9.18 Å². The minimum absolute atomic E-state index is 0.00534. The molecule has 0 atom stereocenters. The largest absolute Gasteiger partial charge is 0.354 e. The molecule has 0 unspecified atom stereocenters. The Hall–Kier alpha value is -2.15. The summed E-state index contributed by atoms with van der Waals surface area (Å²) in [5.74, 6) is -0.855. The van der Waals surface area contributed by atoms with Gasteiger partial charge in [0.15, 0.2) is 0 Å². The second kappa shape index (κ2) is 9.17. The van der Waals surface area contributed by atoms with Crippen LogP contribution in [0.5, 0.6) is 0 Å². The van der Waals surface area contributed by atoms with Gasteiger partial charge in [-0.25, -0.2) is 4.39 Å². The first-order valence-electron chi connectivity index (χ1n) is 9.34. The fourth-order valence-electron chi connectivity index (χ4n) is 3.40. The third-order valence-electron chi connectivity index (χ3n) is 4.93. The molecule has 0 spiro atoms. The smallest absolute Gasteiger partial charge is 0.293 e. The van der Waals surface area contributed by atoms with E-state index in [1.165, 1.54) is 25.0 Å². The summed E-state index contributed by atoms with van der Waals surface area (Å²) in [7, 11) is 0. The van der Waals surface area contributed by atoms with Crippen molar-refractivity contribution in [1.29, 1.82) is 0 Å². The molecule has 0 aromatic heterocycles. The van der Waals surface area contributed by atoms with E-state index in [4.69, 9.17) is 0 Å². The van der Waals surface area contributed by atoms with E-state index in [-0.39, 0.29) is 35.4 Å². The number of nitrogens with zero attached hydrogens (tertiary/aromatic N) is 1. The van der Waals surface area contributed by atoms with Crippen molar-refractivity contribution in [2.24, 2.45) is 5.92 Å². The molecule has 0 bridgehead atoms. The lowest BCUT2D eigenvalue weighted by Gasteiger charge is -2.16. The summed E-state index contributed by atoms with van der Waals surface area (Å²) in [5, 5.41) is 2.45. The quantitative estimate of drug-likeness (QED) is 0.611. The SMILES string of the molecule is O=C(NCCN1C(=O)SC(=Cc2ccccc2F)C1=O)C1CCCCCC1. The number of hydrogen-bond donors (Lipinski definition) is 1. The zero-order valence-electron chi connectivity index (χ0n) is 15.1. The number of imide groups is 1. The summed E-state index contributed by atoms with van der Waals surface area (Å²) in [6.07, 6.45) is 7.69. The van der Waals surface area contributed by atoms with E-state index >= 15 is 0 Å². The molecule has 1 aliphatic heterocycles. The molecule has 1 aromatic rings. The van der Waals surface area contributed by atoms with Crippen LogP contribution >= 0.6 is 11.8 Å². The molecule has 0 radical (unpaired) electrons. The molecule has 1 aliphatic carbocycles. The van der Waals surface area contributed by atoms with Crippen LogP contribution in [-0.2, 0) is 9.59 Å². The molecule has 2 fully saturated rings. The van der Waals surface area contributed by atoms with E-state index in [1.54, 1.807) is 18.2 Å². The molecule has 1 N–H and O–H groups in total. The molecule has 1 saturated heterocycles. The predicted molar refractivity (Wildman–Crippen MR) is 103 cm³/mol. The highest BCUT2D eigenvalue weighted by atomic mass is 32.2. The number of hydrogen-bond acceptors (Lipinski definition) is 4. The minimum Gasteiger partial charge on any atom is -0.354 e. The lowest BCUT2D eigenvalue weighted by molar-refractivity contribution is -0.126. The van der Waals surface area contributed by atoms with Crippen molar-refractivity contribution >= 4 is 34.9 Å². The Morgan fingerprint density at radius 2 is 1.89 bits per heavy atom. The molecule has 1 heterocycles. The minimum atomic E-state index is -0.447. The van der Waals surface area contributed by atoms with E-state index in [9.17, 15) is 18.8 Å². The molecular weight excluding hydrogens is 367 g/mol. The number of benzene rings is 1. The van der Waals surface area contributed by atoms with Gasteiger partial charge in [0.2, 0.25) is 5.91 Å². The summed E-state index contributed by atoms with van der Waals surface area (Å²) in [5.41, 5.74) is 0.268. The van der Waals surface area contributed by atoms with Crippen LogP contribution < -0.4 is 5.32 Å². The first-order chi connectivity index (χ1) is 13.1. The average molecular weight is 390 g/mol. The second-order valence-corrected chi connectivity index (χ2v) is 7.83. The molecule has 3 amide bonds. The Labute approximate surface area is 162 Å². The van der Waals surface area contributed by atoms with Gasteiger partial charge in [0.1, 0.15) is 5.82 Å². The molecule has 1 aromatic carbocycles. The molecule has 1 saturated carbocycles. The first-order valence-corrected chi connectivity index (χ1v) is 10.2. The third-order valence-corrected chi connectivity index (χ3v) is 5.83. The zero-order chi connectivity index (χ0) is 19.2. The molecule has 3 rings (SSSR count). The van der Waals surface area contributed by atoms with Gasteiger partial charge in [0.05, 0.1) is 4.91 Å². The lowest BCUT2D eigenvalue weighted by atomic mass is 9.99. The highest BCUT2D eigenvalue weighted by Crippen LogP contribution is 2.32. The maximum Gasteiger partial charge on any atom is 0.293 e. The van der Waals surface area contributed by atoms with E-state index in [1.807, 2.05) is 0 Å². The van der Waals surface area contributed by atoms with Gasteiger partial charge in [-0.3, -0.25) is 19.3 Å². The van der Waals surface area contributed by atoms with Crippen molar-refractivity contribution in [3.8, 4) is 0 Å². The third kappa shape index (κ3) is 4.97. The summed E-state index contributed by atoms with van der Waals surface area (Å²) in [6, 6.07) is 6.09.